The zero-order valence-electron chi connectivity index (χ0n) is 16.7. The van der Waals surface area contributed by atoms with Crippen molar-refractivity contribution in [3.05, 3.63) is 108 Å². The molecule has 30 heavy (non-hydrogen) atoms. The van der Waals surface area contributed by atoms with Crippen LogP contribution in [0.3, 0.4) is 0 Å². The molecule has 3 rings (SSSR count). The van der Waals surface area contributed by atoms with Gasteiger partial charge < -0.3 is 4.74 Å². The van der Waals surface area contributed by atoms with Crippen molar-refractivity contribution in [2.75, 3.05) is 6.61 Å². The molecule has 0 radical (unpaired) electrons. The van der Waals surface area contributed by atoms with Crippen LogP contribution in [0.5, 0.6) is 5.75 Å². The summed E-state index contributed by atoms with van der Waals surface area (Å²) in [6, 6.07) is 26.3. The average Bonchev–Trinajstić information content (AvgIpc) is 2.79. The van der Waals surface area contributed by atoms with Crippen LogP contribution in [0, 0.1) is 0 Å². The monoisotopic (exact) mass is 400 g/mol. The first-order chi connectivity index (χ1) is 14.7. The quantitative estimate of drug-likeness (QED) is 0.464. The number of rotatable bonds is 7. The molecule has 0 saturated carbocycles. The number of benzene rings is 3. The Hall–Kier alpha value is -3.86. The van der Waals surface area contributed by atoms with E-state index in [0.717, 1.165) is 22.4 Å². The van der Waals surface area contributed by atoms with Gasteiger partial charge in [0.1, 0.15) is 5.75 Å². The third-order valence-corrected chi connectivity index (χ3v) is 4.46. The predicted molar refractivity (Wildman–Crippen MR) is 118 cm³/mol. The van der Waals surface area contributed by atoms with Crippen LogP contribution in [-0.2, 0) is 9.59 Å². The third-order valence-electron chi connectivity index (χ3n) is 4.46. The van der Waals surface area contributed by atoms with E-state index in [1.54, 1.807) is 6.08 Å². The number of hydrogen-bond acceptors (Lipinski definition) is 3. The zero-order chi connectivity index (χ0) is 21.2. The molecule has 2 N–H and O–H groups in total. The number of nitrogens with one attached hydrogen (secondary N) is 2. The van der Waals surface area contributed by atoms with Crippen molar-refractivity contribution < 1.29 is 14.3 Å². The number of hydrogen-bond donors (Lipinski definition) is 2. The van der Waals surface area contributed by atoms with E-state index in [1.807, 2.05) is 91.9 Å². The van der Waals surface area contributed by atoms with Crippen molar-refractivity contribution in [2.24, 2.45) is 0 Å². The van der Waals surface area contributed by atoms with Crippen molar-refractivity contribution >= 4 is 17.9 Å². The summed E-state index contributed by atoms with van der Waals surface area (Å²) in [6.45, 7) is 2.52. The Morgan fingerprint density at radius 2 is 1.40 bits per heavy atom. The van der Waals surface area contributed by atoms with Crippen LogP contribution in [0.1, 0.15) is 29.5 Å². The van der Waals surface area contributed by atoms with E-state index in [1.165, 1.54) is 6.08 Å². The van der Waals surface area contributed by atoms with Gasteiger partial charge in [-0.25, -0.2) is 0 Å². The molecule has 152 valence electrons. The van der Waals surface area contributed by atoms with Gasteiger partial charge in [-0.2, -0.15) is 0 Å². The van der Waals surface area contributed by atoms with Gasteiger partial charge in [-0.3, -0.25) is 20.4 Å². The van der Waals surface area contributed by atoms with E-state index in [2.05, 4.69) is 10.9 Å². The Morgan fingerprint density at radius 1 is 0.833 bits per heavy atom. The lowest BCUT2D eigenvalue weighted by atomic mass is 9.91. The fourth-order valence-electron chi connectivity index (χ4n) is 3.04. The van der Waals surface area contributed by atoms with Gasteiger partial charge in [0.2, 0.25) is 5.91 Å². The lowest BCUT2D eigenvalue weighted by molar-refractivity contribution is -0.127. The number of carbonyl (C=O) groups excluding carboxylic acids is 2. The van der Waals surface area contributed by atoms with Gasteiger partial charge in [0.25, 0.3) is 5.91 Å². The zero-order valence-corrected chi connectivity index (χ0v) is 16.7. The van der Waals surface area contributed by atoms with Gasteiger partial charge in [-0.1, -0.05) is 72.8 Å². The predicted octanol–water partition coefficient (Wildman–Crippen LogP) is 4.08. The van der Waals surface area contributed by atoms with E-state index < -0.39 is 11.8 Å². The molecule has 0 aliphatic rings. The SMILES string of the molecule is CCOc1ccc(/C=C/C(=O)NNC(=O)C(c2ccccc2)c2ccccc2)cc1. The third kappa shape index (κ3) is 5.82. The summed E-state index contributed by atoms with van der Waals surface area (Å²) < 4.78 is 5.40. The van der Waals surface area contributed by atoms with Crippen LogP contribution in [0.4, 0.5) is 0 Å². The maximum atomic E-state index is 12.9. The molecule has 5 nitrogen and oxygen atoms in total. The smallest absolute Gasteiger partial charge is 0.262 e. The Labute approximate surface area is 176 Å². The summed E-state index contributed by atoms with van der Waals surface area (Å²) in [6.07, 6.45) is 3.04. The van der Waals surface area contributed by atoms with Gasteiger partial charge in [-0.15, -0.1) is 0 Å². The summed E-state index contributed by atoms with van der Waals surface area (Å²) in [4.78, 5) is 25.0. The molecule has 3 aromatic carbocycles. The van der Waals surface area contributed by atoms with Crippen LogP contribution >= 0.6 is 0 Å². The largest absolute Gasteiger partial charge is 0.494 e. The number of hydrazine groups is 1. The minimum atomic E-state index is -0.525. The normalized spacial score (nSPS) is 10.7. The molecule has 0 saturated heterocycles. The van der Waals surface area contributed by atoms with Gasteiger partial charge in [0.05, 0.1) is 12.5 Å². The summed E-state index contributed by atoms with van der Waals surface area (Å²) in [5, 5.41) is 0. The van der Waals surface area contributed by atoms with E-state index in [9.17, 15) is 9.59 Å². The Bertz CT molecular complexity index is 944. The molecule has 0 heterocycles. The first-order valence-corrected chi connectivity index (χ1v) is 9.78. The molecule has 0 atom stereocenters. The fourth-order valence-corrected chi connectivity index (χ4v) is 3.04. The minimum absolute atomic E-state index is 0.310. The maximum Gasteiger partial charge on any atom is 0.262 e. The second kappa shape index (κ2) is 10.6. The van der Waals surface area contributed by atoms with Crippen LogP contribution in [0.2, 0.25) is 0 Å². The van der Waals surface area contributed by atoms with Crippen LogP contribution < -0.4 is 15.6 Å². The first-order valence-electron chi connectivity index (χ1n) is 9.78. The Kier molecular flexibility index (Phi) is 7.39. The lowest BCUT2D eigenvalue weighted by Gasteiger charge is -2.17. The van der Waals surface area contributed by atoms with Crippen molar-refractivity contribution in [1.29, 1.82) is 0 Å². The first kappa shape index (κ1) is 20.9. The molecule has 5 heteroatoms. The molecule has 3 aromatic rings. The maximum absolute atomic E-state index is 12.9. The molecule has 0 fully saturated rings. The molecule has 2 amide bonds. The molecule has 0 aliphatic heterocycles. The van der Waals surface area contributed by atoms with Crippen molar-refractivity contribution in [3.8, 4) is 5.75 Å². The van der Waals surface area contributed by atoms with Crippen molar-refractivity contribution in [3.63, 3.8) is 0 Å². The summed E-state index contributed by atoms with van der Waals surface area (Å²) >= 11 is 0. The van der Waals surface area contributed by atoms with E-state index in [-0.39, 0.29) is 5.91 Å². The highest BCUT2D eigenvalue weighted by Gasteiger charge is 2.22. The second-order valence-electron chi connectivity index (χ2n) is 6.57. The summed E-state index contributed by atoms with van der Waals surface area (Å²) in [5.41, 5.74) is 7.53. The van der Waals surface area contributed by atoms with Crippen LogP contribution in [-0.4, -0.2) is 18.4 Å². The Morgan fingerprint density at radius 3 is 1.93 bits per heavy atom. The Balaban J connectivity index is 1.63. The molecular formula is C25H24N2O3. The highest BCUT2D eigenvalue weighted by molar-refractivity contribution is 5.94. The van der Waals surface area contributed by atoms with E-state index in [0.29, 0.717) is 6.61 Å². The van der Waals surface area contributed by atoms with Crippen LogP contribution in [0.25, 0.3) is 6.08 Å². The topological polar surface area (TPSA) is 67.4 Å². The molecule has 0 bridgehead atoms. The number of ether oxygens (including phenoxy) is 1. The van der Waals surface area contributed by atoms with E-state index in [4.69, 9.17) is 4.74 Å². The summed E-state index contributed by atoms with van der Waals surface area (Å²) in [7, 11) is 0. The van der Waals surface area contributed by atoms with Gasteiger partial charge >= 0.3 is 0 Å². The molecule has 0 spiro atoms. The van der Waals surface area contributed by atoms with Crippen molar-refractivity contribution in [1.82, 2.24) is 10.9 Å². The molecular weight excluding hydrogens is 376 g/mol. The minimum Gasteiger partial charge on any atom is -0.494 e. The van der Waals surface area contributed by atoms with Crippen molar-refractivity contribution in [2.45, 2.75) is 12.8 Å². The highest BCUT2D eigenvalue weighted by Crippen LogP contribution is 2.24. The molecule has 0 unspecified atom stereocenters. The van der Waals surface area contributed by atoms with Crippen LogP contribution in [0.15, 0.2) is 91.0 Å². The number of amides is 2. The second-order valence-corrected chi connectivity index (χ2v) is 6.57. The fraction of sp³-hybridized carbons (Fsp3) is 0.120. The van der Waals surface area contributed by atoms with Gasteiger partial charge in [0, 0.05) is 6.08 Å². The lowest BCUT2D eigenvalue weighted by Crippen LogP contribution is -2.43. The number of carbonyl (C=O) groups is 2. The highest BCUT2D eigenvalue weighted by atomic mass is 16.5. The van der Waals surface area contributed by atoms with Gasteiger partial charge in [0.15, 0.2) is 0 Å². The average molecular weight is 400 g/mol. The van der Waals surface area contributed by atoms with Gasteiger partial charge in [-0.05, 0) is 41.8 Å². The molecule has 0 aromatic heterocycles. The van der Waals surface area contributed by atoms with E-state index >= 15 is 0 Å². The molecule has 0 aliphatic carbocycles. The summed E-state index contributed by atoms with van der Waals surface area (Å²) in [5.74, 6) is -0.477. The standard InChI is InChI=1S/C25H24N2O3/c1-2-30-22-16-13-19(14-17-22)15-18-23(28)26-27-25(29)24(20-9-5-3-6-10-20)21-11-7-4-8-12-21/h3-18,24H,2H2,1H3,(H,26,28)(H,27,29)/b18-15+.